The minimum atomic E-state index is 0.882. The van der Waals surface area contributed by atoms with Crippen molar-refractivity contribution in [2.24, 2.45) is 0 Å². The fourth-order valence-electron chi connectivity index (χ4n) is 2.34. The molecule has 1 fully saturated rings. The number of unbranched alkanes of at least 4 members (excludes halogenated alkanes) is 1. The van der Waals surface area contributed by atoms with Gasteiger partial charge in [-0.1, -0.05) is 41.6 Å². The Labute approximate surface area is 97.4 Å². The van der Waals surface area contributed by atoms with Crippen LogP contribution in [0, 0.1) is 0 Å². The van der Waals surface area contributed by atoms with E-state index in [4.69, 9.17) is 0 Å². The molecule has 1 aliphatic carbocycles. The van der Waals surface area contributed by atoms with E-state index in [2.05, 4.69) is 27.9 Å². The van der Waals surface area contributed by atoms with Gasteiger partial charge in [-0.2, -0.15) is 0 Å². The predicted octanol–water partition coefficient (Wildman–Crippen LogP) is 3.82. The van der Waals surface area contributed by atoms with E-state index in [1.165, 1.54) is 57.9 Å². The standard InChI is InChI=1S/C12H24BrN/c1-14(11-7-6-10-13)12-8-4-2-3-5-9-12/h12H,2-11H2,1H3. The summed E-state index contributed by atoms with van der Waals surface area (Å²) < 4.78 is 0. The molecule has 0 N–H and O–H groups in total. The Morgan fingerprint density at radius 2 is 1.71 bits per heavy atom. The summed E-state index contributed by atoms with van der Waals surface area (Å²) in [4.78, 5) is 2.59. The molecule has 0 unspecified atom stereocenters. The number of alkyl halides is 1. The van der Waals surface area contributed by atoms with Crippen LogP contribution >= 0.6 is 15.9 Å². The first kappa shape index (κ1) is 12.5. The van der Waals surface area contributed by atoms with E-state index in [1.807, 2.05) is 0 Å². The molecule has 0 atom stereocenters. The maximum Gasteiger partial charge on any atom is 0.00922 e. The normalized spacial score (nSPS) is 19.9. The molecule has 0 aromatic carbocycles. The zero-order valence-corrected chi connectivity index (χ0v) is 11.1. The molecule has 84 valence electrons. The molecule has 0 spiro atoms. The van der Waals surface area contributed by atoms with Crippen molar-refractivity contribution in [3.05, 3.63) is 0 Å². The first-order valence-electron chi connectivity index (χ1n) is 6.11. The second-order valence-electron chi connectivity index (χ2n) is 4.52. The molecule has 0 aliphatic heterocycles. The van der Waals surface area contributed by atoms with Gasteiger partial charge in [-0.3, -0.25) is 0 Å². The van der Waals surface area contributed by atoms with Crippen molar-refractivity contribution >= 4 is 15.9 Å². The highest BCUT2D eigenvalue weighted by Crippen LogP contribution is 2.21. The zero-order valence-electron chi connectivity index (χ0n) is 9.47. The molecule has 0 amide bonds. The summed E-state index contributed by atoms with van der Waals surface area (Å²) in [6, 6.07) is 0.882. The summed E-state index contributed by atoms with van der Waals surface area (Å²) in [7, 11) is 2.31. The van der Waals surface area contributed by atoms with E-state index in [1.54, 1.807) is 0 Å². The largest absolute Gasteiger partial charge is 0.303 e. The van der Waals surface area contributed by atoms with Crippen molar-refractivity contribution in [1.82, 2.24) is 4.90 Å². The lowest BCUT2D eigenvalue weighted by atomic mass is 10.1. The van der Waals surface area contributed by atoms with Gasteiger partial charge in [0.1, 0.15) is 0 Å². The van der Waals surface area contributed by atoms with E-state index in [0.29, 0.717) is 0 Å². The Hall–Kier alpha value is 0.440. The van der Waals surface area contributed by atoms with Crippen molar-refractivity contribution in [2.75, 3.05) is 18.9 Å². The van der Waals surface area contributed by atoms with Crippen LogP contribution in [-0.4, -0.2) is 29.9 Å². The van der Waals surface area contributed by atoms with E-state index in [-0.39, 0.29) is 0 Å². The van der Waals surface area contributed by atoms with Gasteiger partial charge in [-0.15, -0.1) is 0 Å². The first-order valence-corrected chi connectivity index (χ1v) is 7.23. The van der Waals surface area contributed by atoms with Gasteiger partial charge in [-0.05, 0) is 39.3 Å². The minimum absolute atomic E-state index is 0.882. The highest BCUT2D eigenvalue weighted by Gasteiger charge is 2.15. The van der Waals surface area contributed by atoms with Crippen LogP contribution in [0.2, 0.25) is 0 Å². The van der Waals surface area contributed by atoms with Crippen LogP contribution in [0.4, 0.5) is 0 Å². The molecule has 1 nitrogen and oxygen atoms in total. The van der Waals surface area contributed by atoms with Gasteiger partial charge in [0.25, 0.3) is 0 Å². The fourth-order valence-corrected chi connectivity index (χ4v) is 2.73. The Bertz CT molecular complexity index is 130. The van der Waals surface area contributed by atoms with Gasteiger partial charge in [0, 0.05) is 11.4 Å². The molecule has 2 heteroatoms. The Morgan fingerprint density at radius 1 is 1.07 bits per heavy atom. The van der Waals surface area contributed by atoms with Gasteiger partial charge >= 0.3 is 0 Å². The lowest BCUT2D eigenvalue weighted by molar-refractivity contribution is 0.218. The average molecular weight is 262 g/mol. The Balaban J connectivity index is 2.16. The molecule has 0 saturated heterocycles. The summed E-state index contributed by atoms with van der Waals surface area (Å²) in [6.07, 6.45) is 11.4. The fraction of sp³-hybridized carbons (Fsp3) is 1.00. The summed E-state index contributed by atoms with van der Waals surface area (Å²) in [6.45, 7) is 1.29. The number of rotatable bonds is 5. The summed E-state index contributed by atoms with van der Waals surface area (Å²) in [5.74, 6) is 0. The second-order valence-corrected chi connectivity index (χ2v) is 5.32. The van der Waals surface area contributed by atoms with Crippen LogP contribution in [0.25, 0.3) is 0 Å². The highest BCUT2D eigenvalue weighted by molar-refractivity contribution is 9.09. The summed E-state index contributed by atoms with van der Waals surface area (Å²) in [5.41, 5.74) is 0. The molecule has 0 radical (unpaired) electrons. The van der Waals surface area contributed by atoms with Crippen molar-refractivity contribution in [2.45, 2.75) is 57.4 Å². The maximum absolute atomic E-state index is 3.49. The lowest BCUT2D eigenvalue weighted by Gasteiger charge is -2.26. The van der Waals surface area contributed by atoms with Gasteiger partial charge in [0.05, 0.1) is 0 Å². The molecule has 0 heterocycles. The predicted molar refractivity (Wildman–Crippen MR) is 67.1 cm³/mol. The van der Waals surface area contributed by atoms with Crippen LogP contribution in [-0.2, 0) is 0 Å². The first-order chi connectivity index (χ1) is 6.84. The third kappa shape index (κ3) is 4.79. The van der Waals surface area contributed by atoms with E-state index >= 15 is 0 Å². The Morgan fingerprint density at radius 3 is 2.29 bits per heavy atom. The number of hydrogen-bond donors (Lipinski definition) is 0. The van der Waals surface area contributed by atoms with Crippen LogP contribution in [0.1, 0.15) is 51.4 Å². The monoisotopic (exact) mass is 261 g/mol. The summed E-state index contributed by atoms with van der Waals surface area (Å²) in [5, 5.41) is 1.16. The number of nitrogens with zero attached hydrogens (tertiary/aromatic N) is 1. The van der Waals surface area contributed by atoms with Crippen LogP contribution in [0.15, 0.2) is 0 Å². The quantitative estimate of drug-likeness (QED) is 0.413. The van der Waals surface area contributed by atoms with Gasteiger partial charge in [0.15, 0.2) is 0 Å². The van der Waals surface area contributed by atoms with Gasteiger partial charge in [-0.25, -0.2) is 0 Å². The van der Waals surface area contributed by atoms with Crippen LogP contribution in [0.5, 0.6) is 0 Å². The van der Waals surface area contributed by atoms with Crippen molar-refractivity contribution in [3.63, 3.8) is 0 Å². The van der Waals surface area contributed by atoms with E-state index < -0.39 is 0 Å². The van der Waals surface area contributed by atoms with Crippen LogP contribution in [0.3, 0.4) is 0 Å². The van der Waals surface area contributed by atoms with E-state index in [0.717, 1.165) is 11.4 Å². The van der Waals surface area contributed by atoms with Crippen molar-refractivity contribution < 1.29 is 0 Å². The molecule has 14 heavy (non-hydrogen) atoms. The van der Waals surface area contributed by atoms with E-state index in [9.17, 15) is 0 Å². The third-order valence-electron chi connectivity index (χ3n) is 3.34. The van der Waals surface area contributed by atoms with Crippen molar-refractivity contribution in [3.8, 4) is 0 Å². The maximum atomic E-state index is 3.49. The molecule has 1 aliphatic rings. The minimum Gasteiger partial charge on any atom is -0.303 e. The lowest BCUT2D eigenvalue weighted by Crippen LogP contribution is -2.32. The molecule has 1 saturated carbocycles. The smallest absolute Gasteiger partial charge is 0.00922 e. The summed E-state index contributed by atoms with van der Waals surface area (Å²) >= 11 is 3.49. The topological polar surface area (TPSA) is 3.24 Å². The molecule has 0 bridgehead atoms. The Kier molecular flexibility index (Phi) is 6.88. The van der Waals surface area contributed by atoms with Crippen LogP contribution < -0.4 is 0 Å². The molecule has 1 rings (SSSR count). The SMILES string of the molecule is CN(CCCCBr)C1CCCCCC1. The highest BCUT2D eigenvalue weighted by atomic mass is 79.9. The number of halogens is 1. The van der Waals surface area contributed by atoms with Crippen molar-refractivity contribution in [1.29, 1.82) is 0 Å². The molecular weight excluding hydrogens is 238 g/mol. The second kappa shape index (κ2) is 7.70. The van der Waals surface area contributed by atoms with Gasteiger partial charge in [0.2, 0.25) is 0 Å². The third-order valence-corrected chi connectivity index (χ3v) is 3.90. The molecule has 0 aromatic rings. The molecular formula is C12H24BrN. The molecule has 0 aromatic heterocycles. The number of hydrogen-bond acceptors (Lipinski definition) is 1. The van der Waals surface area contributed by atoms with Gasteiger partial charge < -0.3 is 4.90 Å². The average Bonchev–Trinajstić information content (AvgIpc) is 2.46. The zero-order chi connectivity index (χ0) is 10.2.